The average molecular weight is 280 g/mol. The number of benzene rings is 1. The monoisotopic (exact) mass is 280 g/mol. The van der Waals surface area contributed by atoms with Crippen molar-refractivity contribution in [2.45, 2.75) is 46.2 Å². The van der Waals surface area contributed by atoms with E-state index in [1.807, 2.05) is 0 Å². The summed E-state index contributed by atoms with van der Waals surface area (Å²) in [7, 11) is 1.58. The van der Waals surface area contributed by atoms with Gasteiger partial charge >= 0.3 is 0 Å². The van der Waals surface area contributed by atoms with Crippen molar-refractivity contribution >= 4 is 5.69 Å². The smallest absolute Gasteiger partial charge is 0.270 e. The van der Waals surface area contributed by atoms with E-state index < -0.39 is 0 Å². The maximum absolute atomic E-state index is 10.8. The van der Waals surface area contributed by atoms with E-state index in [1.165, 1.54) is 6.07 Å². The van der Waals surface area contributed by atoms with Gasteiger partial charge in [0.15, 0.2) is 0 Å². The van der Waals surface area contributed by atoms with Crippen LogP contribution in [-0.2, 0) is 6.54 Å². The summed E-state index contributed by atoms with van der Waals surface area (Å²) in [6.07, 6.45) is 2.25. The van der Waals surface area contributed by atoms with Crippen molar-refractivity contribution in [3.8, 4) is 5.75 Å². The van der Waals surface area contributed by atoms with Crippen LogP contribution in [0.5, 0.6) is 5.75 Å². The molecule has 2 unspecified atom stereocenters. The van der Waals surface area contributed by atoms with Gasteiger partial charge in [-0.25, -0.2) is 0 Å². The third-order valence-electron chi connectivity index (χ3n) is 3.57. The lowest BCUT2D eigenvalue weighted by Crippen LogP contribution is -2.27. The fourth-order valence-corrected chi connectivity index (χ4v) is 2.15. The first-order chi connectivity index (χ1) is 9.47. The summed E-state index contributed by atoms with van der Waals surface area (Å²) < 4.78 is 5.25. The van der Waals surface area contributed by atoms with Gasteiger partial charge in [0.05, 0.1) is 12.0 Å². The molecule has 0 saturated carbocycles. The lowest BCUT2D eigenvalue weighted by molar-refractivity contribution is -0.384. The maximum Gasteiger partial charge on any atom is 0.270 e. The van der Waals surface area contributed by atoms with Crippen LogP contribution in [0.15, 0.2) is 18.2 Å². The van der Waals surface area contributed by atoms with Gasteiger partial charge in [-0.3, -0.25) is 10.1 Å². The predicted octanol–water partition coefficient (Wildman–Crippen LogP) is 3.52. The first kappa shape index (κ1) is 16.4. The number of nitrogens with one attached hydrogen (secondary N) is 1. The first-order valence-corrected chi connectivity index (χ1v) is 7.02. The van der Waals surface area contributed by atoms with Gasteiger partial charge in [-0.2, -0.15) is 0 Å². The molecule has 0 aliphatic heterocycles. The van der Waals surface area contributed by atoms with Crippen LogP contribution in [0.1, 0.15) is 39.2 Å². The molecular formula is C15H24N2O3. The summed E-state index contributed by atoms with van der Waals surface area (Å²) in [6.45, 7) is 7.12. The molecule has 5 heteroatoms. The number of non-ortho nitro benzene ring substituents is 1. The molecule has 0 spiro atoms. The fourth-order valence-electron chi connectivity index (χ4n) is 2.15. The number of nitro benzene ring substituents is 1. The number of hydrogen-bond donors (Lipinski definition) is 1. The molecule has 0 aliphatic rings. The standard InChI is InChI=1S/C15H24N2O3/c1-5-11(2)8-12(3)16-10-13-9-14(17(18)19)6-7-15(13)20-4/h6-7,9,11-12,16H,5,8,10H2,1-4H3. The van der Waals surface area contributed by atoms with Crippen LogP contribution in [0.4, 0.5) is 5.69 Å². The van der Waals surface area contributed by atoms with Gasteiger partial charge in [0.1, 0.15) is 5.75 Å². The van der Waals surface area contributed by atoms with Gasteiger partial charge in [0.2, 0.25) is 0 Å². The second-order valence-corrected chi connectivity index (χ2v) is 5.28. The van der Waals surface area contributed by atoms with Crippen molar-refractivity contribution in [3.63, 3.8) is 0 Å². The number of hydrogen-bond acceptors (Lipinski definition) is 4. The fraction of sp³-hybridized carbons (Fsp3) is 0.600. The van der Waals surface area contributed by atoms with Crippen LogP contribution in [0, 0.1) is 16.0 Å². The van der Waals surface area contributed by atoms with Crippen LogP contribution >= 0.6 is 0 Å². The van der Waals surface area contributed by atoms with E-state index in [4.69, 9.17) is 4.74 Å². The highest BCUT2D eigenvalue weighted by Gasteiger charge is 2.13. The topological polar surface area (TPSA) is 64.4 Å². The Balaban J connectivity index is 2.70. The molecule has 0 aromatic heterocycles. The number of methoxy groups -OCH3 is 1. The van der Waals surface area contributed by atoms with Crippen LogP contribution in [0.2, 0.25) is 0 Å². The molecule has 0 heterocycles. The summed E-state index contributed by atoms with van der Waals surface area (Å²) in [4.78, 5) is 10.4. The summed E-state index contributed by atoms with van der Waals surface area (Å²) in [5, 5.41) is 14.2. The molecule has 1 aromatic carbocycles. The Hall–Kier alpha value is -1.62. The third-order valence-corrected chi connectivity index (χ3v) is 3.57. The van der Waals surface area contributed by atoms with Crippen LogP contribution in [0.3, 0.4) is 0 Å². The van der Waals surface area contributed by atoms with E-state index in [1.54, 1.807) is 19.2 Å². The van der Waals surface area contributed by atoms with Crippen LogP contribution in [0.25, 0.3) is 0 Å². The zero-order valence-corrected chi connectivity index (χ0v) is 12.7. The molecule has 5 nitrogen and oxygen atoms in total. The zero-order valence-electron chi connectivity index (χ0n) is 12.7. The van der Waals surface area contributed by atoms with Gasteiger partial charge < -0.3 is 10.1 Å². The minimum atomic E-state index is -0.383. The molecule has 1 N–H and O–H groups in total. The predicted molar refractivity (Wildman–Crippen MR) is 80.0 cm³/mol. The molecule has 0 radical (unpaired) electrons. The molecule has 0 aliphatic carbocycles. The number of rotatable bonds is 8. The lowest BCUT2D eigenvalue weighted by Gasteiger charge is -2.18. The Bertz CT molecular complexity index is 449. The van der Waals surface area contributed by atoms with E-state index in [0.29, 0.717) is 24.3 Å². The largest absolute Gasteiger partial charge is 0.496 e. The van der Waals surface area contributed by atoms with E-state index >= 15 is 0 Å². The van der Waals surface area contributed by atoms with E-state index in [0.717, 1.165) is 18.4 Å². The zero-order chi connectivity index (χ0) is 15.1. The minimum absolute atomic E-state index is 0.0946. The average Bonchev–Trinajstić information content (AvgIpc) is 2.44. The molecule has 0 bridgehead atoms. The molecule has 1 aromatic rings. The van der Waals surface area contributed by atoms with E-state index in [-0.39, 0.29) is 10.6 Å². The Morgan fingerprint density at radius 3 is 2.65 bits per heavy atom. The molecule has 112 valence electrons. The van der Waals surface area contributed by atoms with Gasteiger partial charge in [-0.15, -0.1) is 0 Å². The molecule has 0 saturated heterocycles. The quantitative estimate of drug-likeness (QED) is 0.584. The second-order valence-electron chi connectivity index (χ2n) is 5.28. The van der Waals surface area contributed by atoms with Crippen molar-refractivity contribution < 1.29 is 9.66 Å². The second kappa shape index (κ2) is 7.85. The normalized spacial score (nSPS) is 13.8. The SMILES string of the molecule is CCC(C)CC(C)NCc1cc([N+](=O)[O-])ccc1OC. The molecule has 2 atom stereocenters. The lowest BCUT2D eigenvalue weighted by atomic mass is 10.0. The maximum atomic E-state index is 10.8. The van der Waals surface area contributed by atoms with Crippen molar-refractivity contribution in [1.29, 1.82) is 0 Å². The Morgan fingerprint density at radius 1 is 1.40 bits per heavy atom. The van der Waals surface area contributed by atoms with Crippen LogP contribution < -0.4 is 10.1 Å². The van der Waals surface area contributed by atoms with Crippen molar-refractivity contribution in [1.82, 2.24) is 5.32 Å². The number of ether oxygens (including phenoxy) is 1. The van der Waals surface area contributed by atoms with Crippen molar-refractivity contribution in [2.24, 2.45) is 5.92 Å². The van der Waals surface area contributed by atoms with E-state index in [9.17, 15) is 10.1 Å². The molecule has 20 heavy (non-hydrogen) atoms. The Morgan fingerprint density at radius 2 is 2.10 bits per heavy atom. The summed E-state index contributed by atoms with van der Waals surface area (Å²) in [5.74, 6) is 1.35. The highest BCUT2D eigenvalue weighted by molar-refractivity contribution is 5.43. The van der Waals surface area contributed by atoms with Crippen LogP contribution in [-0.4, -0.2) is 18.1 Å². The van der Waals surface area contributed by atoms with Crippen molar-refractivity contribution in [3.05, 3.63) is 33.9 Å². The van der Waals surface area contributed by atoms with Crippen molar-refractivity contribution in [2.75, 3.05) is 7.11 Å². The first-order valence-electron chi connectivity index (χ1n) is 7.02. The highest BCUT2D eigenvalue weighted by Crippen LogP contribution is 2.24. The number of nitro groups is 1. The molecular weight excluding hydrogens is 256 g/mol. The Labute approximate surface area is 120 Å². The summed E-state index contributed by atoms with van der Waals surface area (Å²) in [5.41, 5.74) is 0.912. The number of nitrogens with zero attached hydrogens (tertiary/aromatic N) is 1. The minimum Gasteiger partial charge on any atom is -0.496 e. The molecule has 0 amide bonds. The summed E-state index contributed by atoms with van der Waals surface area (Å²) >= 11 is 0. The Kier molecular flexibility index (Phi) is 6.45. The van der Waals surface area contributed by atoms with Gasteiger partial charge in [0, 0.05) is 30.3 Å². The summed E-state index contributed by atoms with van der Waals surface area (Å²) in [6, 6.07) is 5.05. The van der Waals surface area contributed by atoms with Gasteiger partial charge in [-0.1, -0.05) is 20.3 Å². The van der Waals surface area contributed by atoms with Gasteiger partial charge in [0.25, 0.3) is 5.69 Å². The molecule has 1 rings (SSSR count). The van der Waals surface area contributed by atoms with Gasteiger partial charge in [-0.05, 0) is 25.3 Å². The molecule has 0 fully saturated rings. The highest BCUT2D eigenvalue weighted by atomic mass is 16.6. The van der Waals surface area contributed by atoms with E-state index in [2.05, 4.69) is 26.1 Å². The third kappa shape index (κ3) is 4.81.